The summed E-state index contributed by atoms with van der Waals surface area (Å²) in [4.78, 5) is 11.7. The molecule has 2 rings (SSSR count). The molecule has 0 saturated heterocycles. The predicted molar refractivity (Wildman–Crippen MR) is 56.7 cm³/mol. The highest BCUT2D eigenvalue weighted by Crippen LogP contribution is 2.32. The van der Waals surface area contributed by atoms with E-state index in [-0.39, 0.29) is 13.2 Å². The highest BCUT2D eigenvalue weighted by molar-refractivity contribution is 5.76. The van der Waals surface area contributed by atoms with Gasteiger partial charge in [0.05, 0.1) is 18.8 Å². The molecule has 0 fully saturated rings. The number of fused-ring (bicyclic) bond motifs is 1. The van der Waals surface area contributed by atoms with Crippen molar-refractivity contribution in [2.45, 2.75) is 5.92 Å². The summed E-state index contributed by atoms with van der Waals surface area (Å²) in [5, 5.41) is 8.41. The van der Waals surface area contributed by atoms with Gasteiger partial charge in [-0.15, -0.1) is 0 Å². The minimum absolute atomic E-state index is 0.250. The molecule has 1 aromatic rings. The van der Waals surface area contributed by atoms with Crippen molar-refractivity contribution in [3.05, 3.63) is 24.3 Å². The second-order valence-corrected chi connectivity index (χ2v) is 3.75. The predicted octanol–water partition coefficient (Wildman–Crippen LogP) is 1.61. The first kappa shape index (κ1) is 11.6. The van der Waals surface area contributed by atoms with Crippen molar-refractivity contribution >= 4 is 11.7 Å². The maximum Gasteiger partial charge on any atom is 0.376 e. The molecule has 1 heterocycles. The van der Waals surface area contributed by atoms with Gasteiger partial charge in [-0.2, -0.15) is 8.78 Å². The molecule has 1 aliphatic heterocycles. The molecule has 0 aromatic heterocycles. The molecule has 0 bridgehead atoms. The van der Waals surface area contributed by atoms with Crippen LogP contribution in [0.15, 0.2) is 24.3 Å². The Morgan fingerprint density at radius 2 is 2.18 bits per heavy atom. The van der Waals surface area contributed by atoms with Crippen molar-refractivity contribution in [1.29, 1.82) is 0 Å². The molecule has 92 valence electrons. The summed E-state index contributed by atoms with van der Waals surface area (Å²) < 4.78 is 31.6. The lowest BCUT2D eigenvalue weighted by Gasteiger charge is -2.32. The highest BCUT2D eigenvalue weighted by atomic mass is 19.3. The van der Waals surface area contributed by atoms with Gasteiger partial charge < -0.3 is 14.7 Å². The second-order valence-electron chi connectivity index (χ2n) is 3.75. The maximum atomic E-state index is 13.1. The van der Waals surface area contributed by atoms with Gasteiger partial charge in [0.15, 0.2) is 0 Å². The molecule has 0 atom stereocenters. The van der Waals surface area contributed by atoms with E-state index in [9.17, 15) is 13.6 Å². The molecule has 4 nitrogen and oxygen atoms in total. The van der Waals surface area contributed by atoms with Crippen LogP contribution in [-0.4, -0.2) is 36.7 Å². The molecule has 1 N–H and O–H groups in total. The Morgan fingerprint density at radius 3 is 2.88 bits per heavy atom. The molecule has 0 aliphatic carbocycles. The molecule has 1 aromatic carbocycles. The Balaban J connectivity index is 2.22. The summed E-state index contributed by atoms with van der Waals surface area (Å²) in [5.41, 5.74) is 0.500. The number of para-hydroxylation sites is 2. The molecule has 1 aliphatic rings. The van der Waals surface area contributed by atoms with Crippen LogP contribution in [0.4, 0.5) is 14.5 Å². The molecule has 0 saturated carbocycles. The molecule has 17 heavy (non-hydrogen) atoms. The summed E-state index contributed by atoms with van der Waals surface area (Å²) in [7, 11) is 0. The monoisotopic (exact) mass is 243 g/mol. The number of anilines is 1. The zero-order valence-corrected chi connectivity index (χ0v) is 8.90. The fraction of sp³-hybridized carbons (Fsp3) is 0.364. The number of rotatable bonds is 3. The van der Waals surface area contributed by atoms with Crippen molar-refractivity contribution in [3.63, 3.8) is 0 Å². The number of carboxylic acids is 1. The van der Waals surface area contributed by atoms with E-state index in [1.807, 2.05) is 0 Å². The van der Waals surface area contributed by atoms with E-state index in [2.05, 4.69) is 0 Å². The number of hydrogen-bond donors (Lipinski definition) is 1. The van der Waals surface area contributed by atoms with Crippen molar-refractivity contribution in [2.75, 3.05) is 24.6 Å². The molecule has 0 spiro atoms. The van der Waals surface area contributed by atoms with E-state index >= 15 is 0 Å². The highest BCUT2D eigenvalue weighted by Gasteiger charge is 2.41. The fourth-order valence-corrected chi connectivity index (χ4v) is 1.70. The Kier molecular flexibility index (Phi) is 2.87. The first-order chi connectivity index (χ1) is 8.00. The lowest BCUT2D eigenvalue weighted by atomic mass is 10.2. The van der Waals surface area contributed by atoms with Crippen LogP contribution in [0.25, 0.3) is 0 Å². The molecule has 6 heteroatoms. The van der Waals surface area contributed by atoms with Crippen LogP contribution in [-0.2, 0) is 4.79 Å². The van der Waals surface area contributed by atoms with E-state index in [4.69, 9.17) is 9.84 Å². The molecule has 0 unspecified atom stereocenters. The smallest absolute Gasteiger partial charge is 0.376 e. The van der Waals surface area contributed by atoms with Gasteiger partial charge in [-0.3, -0.25) is 0 Å². The minimum atomic E-state index is -3.76. The van der Waals surface area contributed by atoms with Gasteiger partial charge in [0.25, 0.3) is 0 Å². The van der Waals surface area contributed by atoms with Gasteiger partial charge in [0, 0.05) is 0 Å². The van der Waals surface area contributed by atoms with Crippen molar-refractivity contribution in [1.82, 2.24) is 0 Å². The van der Waals surface area contributed by atoms with Gasteiger partial charge in [0.2, 0.25) is 0 Å². The number of carboxylic acid groups (broad SMARTS) is 1. The van der Waals surface area contributed by atoms with Crippen LogP contribution in [0.3, 0.4) is 0 Å². The van der Waals surface area contributed by atoms with E-state index in [1.54, 1.807) is 24.3 Å². The lowest BCUT2D eigenvalue weighted by molar-refractivity contribution is -0.163. The number of benzene rings is 1. The summed E-state index contributed by atoms with van der Waals surface area (Å²) >= 11 is 0. The number of carbonyl (C=O) groups is 1. The Hall–Kier alpha value is -1.85. The van der Waals surface area contributed by atoms with Gasteiger partial charge in [-0.05, 0) is 12.1 Å². The van der Waals surface area contributed by atoms with Crippen LogP contribution < -0.4 is 9.64 Å². The summed E-state index contributed by atoms with van der Waals surface area (Å²) in [5.74, 6) is -5.37. The van der Waals surface area contributed by atoms with E-state index < -0.39 is 18.4 Å². The minimum Gasteiger partial charge on any atom is -0.490 e. The number of hydrogen-bond acceptors (Lipinski definition) is 3. The third-order valence-corrected chi connectivity index (χ3v) is 2.53. The number of nitrogens with zero attached hydrogens (tertiary/aromatic N) is 1. The molecular weight excluding hydrogens is 232 g/mol. The summed E-state index contributed by atoms with van der Waals surface area (Å²) in [6, 6.07) is 6.73. The Bertz CT molecular complexity index is 436. The SMILES string of the molecule is O=C(O)C(F)(F)CN1CCOc2ccccc21. The van der Waals surface area contributed by atoms with Crippen LogP contribution in [0.5, 0.6) is 5.75 Å². The van der Waals surface area contributed by atoms with E-state index in [0.717, 1.165) is 0 Å². The molecule has 0 radical (unpaired) electrons. The van der Waals surface area contributed by atoms with Gasteiger partial charge in [-0.25, -0.2) is 4.79 Å². The molecule has 0 amide bonds. The van der Waals surface area contributed by atoms with Gasteiger partial charge in [0.1, 0.15) is 12.4 Å². The standard InChI is InChI=1S/C11H11F2NO3/c12-11(13,10(15)16)7-14-5-6-17-9-4-2-1-3-8(9)14/h1-4H,5-7H2,(H,15,16). The van der Waals surface area contributed by atoms with Crippen molar-refractivity contribution in [2.24, 2.45) is 0 Å². The largest absolute Gasteiger partial charge is 0.490 e. The number of aliphatic carboxylic acids is 1. The van der Waals surface area contributed by atoms with Crippen LogP contribution in [0.1, 0.15) is 0 Å². The fourth-order valence-electron chi connectivity index (χ4n) is 1.70. The Labute approximate surface area is 96.4 Å². The first-order valence-electron chi connectivity index (χ1n) is 5.09. The summed E-state index contributed by atoms with van der Waals surface area (Å²) in [6.45, 7) is -0.324. The summed E-state index contributed by atoms with van der Waals surface area (Å²) in [6.07, 6.45) is 0. The number of alkyl halides is 2. The Morgan fingerprint density at radius 1 is 1.47 bits per heavy atom. The second kappa shape index (κ2) is 4.20. The average Bonchev–Trinajstić information content (AvgIpc) is 2.29. The van der Waals surface area contributed by atoms with E-state index in [1.165, 1.54) is 4.90 Å². The van der Waals surface area contributed by atoms with Crippen LogP contribution >= 0.6 is 0 Å². The maximum absolute atomic E-state index is 13.1. The third-order valence-electron chi connectivity index (χ3n) is 2.53. The average molecular weight is 243 g/mol. The van der Waals surface area contributed by atoms with Gasteiger partial charge in [-0.1, -0.05) is 12.1 Å². The lowest BCUT2D eigenvalue weighted by Crippen LogP contribution is -2.45. The van der Waals surface area contributed by atoms with Gasteiger partial charge >= 0.3 is 11.9 Å². The van der Waals surface area contributed by atoms with Crippen LogP contribution in [0.2, 0.25) is 0 Å². The quantitative estimate of drug-likeness (QED) is 0.876. The van der Waals surface area contributed by atoms with E-state index in [0.29, 0.717) is 11.4 Å². The van der Waals surface area contributed by atoms with Crippen molar-refractivity contribution in [3.8, 4) is 5.75 Å². The van der Waals surface area contributed by atoms with Crippen LogP contribution in [0, 0.1) is 0 Å². The normalized spacial score (nSPS) is 15.1. The first-order valence-corrected chi connectivity index (χ1v) is 5.09. The number of ether oxygens (including phenoxy) is 1. The van der Waals surface area contributed by atoms with Crippen molar-refractivity contribution < 1.29 is 23.4 Å². The number of halogens is 2. The zero-order chi connectivity index (χ0) is 12.5. The zero-order valence-electron chi connectivity index (χ0n) is 8.90. The third kappa shape index (κ3) is 2.30. The topological polar surface area (TPSA) is 49.8 Å². The molecular formula is C11H11F2NO3.